The quantitative estimate of drug-likeness (QED) is 0.715. The van der Waals surface area contributed by atoms with Crippen LogP contribution in [0.15, 0.2) is 5.16 Å². The Hall–Kier alpha value is -1.57. The first-order valence-corrected chi connectivity index (χ1v) is 7.45. The average molecular weight is 299 g/mol. The van der Waals surface area contributed by atoms with Crippen LogP contribution in [-0.2, 0) is 11.2 Å². The molecule has 0 atom stereocenters. The average Bonchev–Trinajstić information content (AvgIpc) is 2.72. The van der Waals surface area contributed by atoms with E-state index in [9.17, 15) is 9.59 Å². The maximum atomic E-state index is 11.6. The van der Waals surface area contributed by atoms with Crippen LogP contribution in [0.2, 0.25) is 0 Å². The van der Waals surface area contributed by atoms with Gasteiger partial charge in [0.25, 0.3) is 0 Å². The van der Waals surface area contributed by atoms with E-state index in [1.165, 1.54) is 11.8 Å². The van der Waals surface area contributed by atoms with Crippen molar-refractivity contribution in [1.29, 1.82) is 0 Å². The van der Waals surface area contributed by atoms with Gasteiger partial charge in [0.05, 0.1) is 5.75 Å². The van der Waals surface area contributed by atoms with Gasteiger partial charge in [0, 0.05) is 12.0 Å². The number of aryl methyl sites for hydroxylation is 1. The molecule has 1 heterocycles. The van der Waals surface area contributed by atoms with Crippen LogP contribution in [0.4, 0.5) is 4.79 Å². The lowest BCUT2D eigenvalue weighted by molar-refractivity contribution is -0.117. The number of hydrogen-bond acceptors (Lipinski definition) is 5. The fraction of sp³-hybridized carbons (Fsp3) is 0.667. The van der Waals surface area contributed by atoms with E-state index < -0.39 is 6.03 Å². The fourth-order valence-corrected chi connectivity index (χ4v) is 1.97. The summed E-state index contributed by atoms with van der Waals surface area (Å²) < 4.78 is 0. The number of carbonyl (C=O) groups excluding carboxylic acids is 2. The smallest absolute Gasteiger partial charge is 0.321 e. The molecule has 1 aromatic rings. The van der Waals surface area contributed by atoms with Crippen LogP contribution < -0.4 is 10.6 Å². The molecule has 0 radical (unpaired) electrons. The number of hydrogen-bond donors (Lipinski definition) is 3. The molecule has 0 aliphatic heterocycles. The highest BCUT2D eigenvalue weighted by atomic mass is 32.2. The zero-order valence-electron chi connectivity index (χ0n) is 12.2. The van der Waals surface area contributed by atoms with Gasteiger partial charge in [-0.1, -0.05) is 18.7 Å². The molecule has 112 valence electrons. The van der Waals surface area contributed by atoms with E-state index in [1.807, 2.05) is 20.8 Å². The molecule has 0 spiro atoms. The normalized spacial score (nSPS) is 11.2. The zero-order chi connectivity index (χ0) is 15.2. The number of nitrogens with zero attached hydrogens (tertiary/aromatic N) is 2. The predicted molar refractivity (Wildman–Crippen MR) is 77.5 cm³/mol. The summed E-state index contributed by atoms with van der Waals surface area (Å²) in [4.78, 5) is 27.3. The molecule has 1 aromatic heterocycles. The van der Waals surface area contributed by atoms with E-state index in [0.717, 1.165) is 18.7 Å². The minimum absolute atomic E-state index is 0.0982. The fourth-order valence-electron chi connectivity index (χ4n) is 1.36. The highest BCUT2D eigenvalue weighted by Crippen LogP contribution is 2.12. The summed E-state index contributed by atoms with van der Waals surface area (Å²) in [5.74, 6) is 0.528. The van der Waals surface area contributed by atoms with Gasteiger partial charge in [-0.3, -0.25) is 15.2 Å². The van der Waals surface area contributed by atoms with E-state index in [-0.39, 0.29) is 17.2 Å². The number of aromatic amines is 1. The van der Waals surface area contributed by atoms with Gasteiger partial charge in [-0.05, 0) is 27.2 Å². The molecule has 8 heteroatoms. The van der Waals surface area contributed by atoms with Gasteiger partial charge < -0.3 is 5.32 Å². The van der Waals surface area contributed by atoms with Crippen LogP contribution in [0.5, 0.6) is 0 Å². The van der Waals surface area contributed by atoms with Gasteiger partial charge in [-0.15, -0.1) is 5.10 Å². The molecule has 0 bridgehead atoms. The van der Waals surface area contributed by atoms with E-state index in [2.05, 4.69) is 32.7 Å². The highest BCUT2D eigenvalue weighted by molar-refractivity contribution is 7.99. The second kappa shape index (κ2) is 7.28. The maximum Gasteiger partial charge on any atom is 0.321 e. The number of rotatable bonds is 5. The van der Waals surface area contributed by atoms with Crippen molar-refractivity contribution in [2.24, 2.45) is 0 Å². The number of aromatic nitrogens is 3. The third kappa shape index (κ3) is 6.55. The third-order valence-corrected chi connectivity index (χ3v) is 2.92. The minimum atomic E-state index is -0.496. The van der Waals surface area contributed by atoms with Crippen molar-refractivity contribution in [2.45, 2.75) is 51.2 Å². The summed E-state index contributed by atoms with van der Waals surface area (Å²) in [6.07, 6.45) is 1.81. The molecule has 0 aliphatic rings. The molecule has 0 fully saturated rings. The van der Waals surface area contributed by atoms with E-state index in [1.54, 1.807) is 0 Å². The first-order valence-electron chi connectivity index (χ1n) is 6.46. The first kappa shape index (κ1) is 16.5. The van der Waals surface area contributed by atoms with Crippen LogP contribution >= 0.6 is 11.8 Å². The van der Waals surface area contributed by atoms with Crippen LogP contribution in [0.25, 0.3) is 0 Å². The second-order valence-electron chi connectivity index (χ2n) is 5.36. The number of imide groups is 1. The number of urea groups is 1. The predicted octanol–water partition coefficient (Wildman–Crippen LogP) is 1.47. The van der Waals surface area contributed by atoms with Crippen molar-refractivity contribution in [3.63, 3.8) is 0 Å². The minimum Gasteiger partial charge on any atom is -0.333 e. The number of H-pyrrole nitrogens is 1. The van der Waals surface area contributed by atoms with Crippen molar-refractivity contribution >= 4 is 23.7 Å². The van der Waals surface area contributed by atoms with Gasteiger partial charge in [-0.2, -0.15) is 0 Å². The van der Waals surface area contributed by atoms with Crippen molar-refractivity contribution in [1.82, 2.24) is 25.8 Å². The van der Waals surface area contributed by atoms with Crippen LogP contribution in [0, 0.1) is 0 Å². The summed E-state index contributed by atoms with van der Waals surface area (Å²) in [7, 11) is 0. The molecule has 0 aromatic carbocycles. The largest absolute Gasteiger partial charge is 0.333 e. The van der Waals surface area contributed by atoms with E-state index in [0.29, 0.717) is 5.16 Å². The zero-order valence-corrected chi connectivity index (χ0v) is 13.1. The van der Waals surface area contributed by atoms with E-state index >= 15 is 0 Å². The summed E-state index contributed by atoms with van der Waals surface area (Å²) in [6.45, 7) is 7.58. The van der Waals surface area contributed by atoms with Crippen molar-refractivity contribution in [3.8, 4) is 0 Å². The van der Waals surface area contributed by atoms with Crippen LogP contribution in [-0.4, -0.2) is 38.4 Å². The Morgan fingerprint density at radius 3 is 2.65 bits per heavy atom. The molecule has 0 aliphatic carbocycles. The van der Waals surface area contributed by atoms with Gasteiger partial charge >= 0.3 is 6.03 Å². The summed E-state index contributed by atoms with van der Waals surface area (Å²) in [5.41, 5.74) is -0.379. The molecule has 0 saturated carbocycles. The Bertz CT molecular complexity index is 467. The molecular weight excluding hydrogens is 278 g/mol. The molecule has 3 amide bonds. The Labute approximate surface area is 122 Å². The highest BCUT2D eigenvalue weighted by Gasteiger charge is 2.16. The van der Waals surface area contributed by atoms with Crippen LogP contribution in [0.1, 0.15) is 39.9 Å². The first-order chi connectivity index (χ1) is 9.30. The van der Waals surface area contributed by atoms with Gasteiger partial charge in [-0.25, -0.2) is 9.78 Å². The number of carbonyl (C=O) groups is 2. The Morgan fingerprint density at radius 1 is 1.35 bits per heavy atom. The van der Waals surface area contributed by atoms with Gasteiger partial charge in [0.2, 0.25) is 11.1 Å². The third-order valence-electron chi connectivity index (χ3n) is 2.07. The molecule has 0 saturated heterocycles. The maximum absolute atomic E-state index is 11.6. The molecule has 20 heavy (non-hydrogen) atoms. The second-order valence-corrected chi connectivity index (χ2v) is 6.30. The Kier molecular flexibility index (Phi) is 6.00. The summed E-state index contributed by atoms with van der Waals surface area (Å²) in [5, 5.41) is 12.2. The number of nitrogens with one attached hydrogen (secondary N) is 3. The van der Waals surface area contributed by atoms with Crippen molar-refractivity contribution < 1.29 is 9.59 Å². The summed E-state index contributed by atoms with van der Waals surface area (Å²) in [6, 6.07) is -0.496. The Balaban J connectivity index is 2.33. The molecule has 7 nitrogen and oxygen atoms in total. The van der Waals surface area contributed by atoms with Crippen molar-refractivity contribution in [2.75, 3.05) is 5.75 Å². The lowest BCUT2D eigenvalue weighted by Gasteiger charge is -2.20. The standard InChI is InChI=1S/C12H21N5O2S/c1-5-6-8-13-11(17-16-8)20-7-9(18)14-10(19)15-12(2,3)4/h5-7H2,1-4H3,(H,13,16,17)(H2,14,15,18,19). The topological polar surface area (TPSA) is 99.8 Å². The molecular formula is C12H21N5O2S. The molecule has 3 N–H and O–H groups in total. The SMILES string of the molecule is CCCc1nc(SCC(=O)NC(=O)NC(C)(C)C)n[nH]1. The van der Waals surface area contributed by atoms with Crippen LogP contribution in [0.3, 0.4) is 0 Å². The number of amides is 3. The van der Waals surface area contributed by atoms with Gasteiger partial charge in [0.1, 0.15) is 5.82 Å². The summed E-state index contributed by atoms with van der Waals surface area (Å²) >= 11 is 1.19. The number of thioether (sulfide) groups is 1. The lowest BCUT2D eigenvalue weighted by Crippen LogP contribution is -2.48. The van der Waals surface area contributed by atoms with Crippen molar-refractivity contribution in [3.05, 3.63) is 5.82 Å². The van der Waals surface area contributed by atoms with Gasteiger partial charge in [0.15, 0.2) is 0 Å². The monoisotopic (exact) mass is 299 g/mol. The molecule has 0 unspecified atom stereocenters. The molecule has 1 rings (SSSR count). The Morgan fingerprint density at radius 2 is 2.05 bits per heavy atom. The lowest BCUT2D eigenvalue weighted by atomic mass is 10.1. The van der Waals surface area contributed by atoms with E-state index in [4.69, 9.17) is 0 Å².